The molecule has 7 nitrogen and oxygen atoms in total. The second kappa shape index (κ2) is 12.1. The summed E-state index contributed by atoms with van der Waals surface area (Å²) in [6, 6.07) is 14.9. The van der Waals surface area contributed by atoms with Crippen molar-refractivity contribution in [1.82, 2.24) is 0 Å². The van der Waals surface area contributed by atoms with Gasteiger partial charge < -0.3 is 15.2 Å². The largest absolute Gasteiger partial charge is 0.465 e. The second-order valence-electron chi connectivity index (χ2n) is 9.97. The monoisotopic (exact) mass is 608 g/mol. The lowest BCUT2D eigenvalue weighted by Gasteiger charge is -2.44. The average molecular weight is 609 g/mol. The van der Waals surface area contributed by atoms with Crippen LogP contribution in [-0.2, 0) is 23.9 Å². The van der Waals surface area contributed by atoms with E-state index in [9.17, 15) is 14.4 Å². The van der Waals surface area contributed by atoms with Crippen molar-refractivity contribution in [3.8, 4) is 0 Å². The third-order valence-electron chi connectivity index (χ3n) is 7.68. The molecule has 10 heteroatoms. The SMILES string of the molecule is CCOC(=O)C1=C(N)N(c2cccc(Cl)c2C)C2=C(C(=O)[C@H](C(=O)OCC)[C@@H](c3cccs3)C2)[C@H]1c1ccccc1F. The predicted molar refractivity (Wildman–Crippen MR) is 159 cm³/mol. The third-order valence-corrected chi connectivity index (χ3v) is 9.09. The van der Waals surface area contributed by atoms with Crippen LogP contribution in [0.1, 0.15) is 48.1 Å². The van der Waals surface area contributed by atoms with Gasteiger partial charge in [-0.2, -0.15) is 0 Å². The Bertz CT molecular complexity index is 1620. The van der Waals surface area contributed by atoms with E-state index in [4.69, 9.17) is 26.8 Å². The van der Waals surface area contributed by atoms with Crippen molar-refractivity contribution in [3.63, 3.8) is 0 Å². The molecule has 2 aliphatic rings. The van der Waals surface area contributed by atoms with Gasteiger partial charge in [-0.1, -0.05) is 41.9 Å². The quantitative estimate of drug-likeness (QED) is 0.246. The first-order chi connectivity index (χ1) is 20.2. The molecule has 1 aliphatic heterocycles. The minimum Gasteiger partial charge on any atom is -0.465 e. The van der Waals surface area contributed by atoms with Gasteiger partial charge in [0.2, 0.25) is 0 Å². The van der Waals surface area contributed by atoms with Gasteiger partial charge >= 0.3 is 11.9 Å². The number of esters is 2. The zero-order chi connectivity index (χ0) is 30.1. The van der Waals surface area contributed by atoms with Gasteiger partial charge in [0.1, 0.15) is 17.6 Å². The number of carbonyl (C=O) groups is 3. The third kappa shape index (κ3) is 5.01. The van der Waals surface area contributed by atoms with Gasteiger partial charge in [0.15, 0.2) is 5.78 Å². The Labute approximate surface area is 252 Å². The number of nitrogens with zero attached hydrogens (tertiary/aromatic N) is 1. The maximum absolute atomic E-state index is 15.6. The highest BCUT2D eigenvalue weighted by atomic mass is 35.5. The number of hydrogen-bond acceptors (Lipinski definition) is 8. The zero-order valence-corrected chi connectivity index (χ0v) is 24.9. The summed E-state index contributed by atoms with van der Waals surface area (Å²) in [6.45, 7) is 5.23. The molecule has 2 N–H and O–H groups in total. The van der Waals surface area contributed by atoms with Crippen LogP contribution in [0.15, 0.2) is 82.6 Å². The number of Topliss-reactive ketones (excluding diaryl/α,β-unsaturated/α-hetero) is 1. The van der Waals surface area contributed by atoms with E-state index < -0.39 is 41.3 Å². The summed E-state index contributed by atoms with van der Waals surface area (Å²) in [4.78, 5) is 44.2. The highest BCUT2D eigenvalue weighted by Crippen LogP contribution is 2.53. The van der Waals surface area contributed by atoms with E-state index in [1.807, 2.05) is 17.5 Å². The molecule has 1 aromatic heterocycles. The Morgan fingerprint density at radius 1 is 1.07 bits per heavy atom. The Morgan fingerprint density at radius 3 is 2.48 bits per heavy atom. The van der Waals surface area contributed by atoms with E-state index in [0.29, 0.717) is 22.0 Å². The number of nitrogens with two attached hydrogens (primary N) is 1. The number of allylic oxidation sites excluding steroid dienone is 2. The Balaban J connectivity index is 1.86. The second-order valence-corrected chi connectivity index (χ2v) is 11.4. The zero-order valence-electron chi connectivity index (χ0n) is 23.4. The average Bonchev–Trinajstić information content (AvgIpc) is 3.50. The summed E-state index contributed by atoms with van der Waals surface area (Å²) in [5, 5.41) is 2.33. The Hall–Kier alpha value is -3.95. The first kappa shape index (κ1) is 29.5. The number of rotatable bonds is 7. The normalized spacial score (nSPS) is 20.5. The molecule has 218 valence electrons. The molecule has 3 aromatic rings. The molecule has 0 fully saturated rings. The van der Waals surface area contributed by atoms with Gasteiger partial charge in [0.05, 0.1) is 30.4 Å². The van der Waals surface area contributed by atoms with E-state index in [-0.39, 0.29) is 42.2 Å². The summed E-state index contributed by atoms with van der Waals surface area (Å²) in [5.74, 6) is -5.65. The van der Waals surface area contributed by atoms with Gasteiger partial charge in [0, 0.05) is 32.7 Å². The Morgan fingerprint density at radius 2 is 1.81 bits per heavy atom. The van der Waals surface area contributed by atoms with Crippen molar-refractivity contribution >= 4 is 46.3 Å². The van der Waals surface area contributed by atoms with Crippen LogP contribution in [0.3, 0.4) is 0 Å². The van der Waals surface area contributed by atoms with Gasteiger partial charge in [-0.05, 0) is 62.4 Å². The van der Waals surface area contributed by atoms with Gasteiger partial charge in [0.25, 0.3) is 0 Å². The number of anilines is 1. The fourth-order valence-corrected chi connectivity index (χ4v) is 6.88. The molecule has 0 amide bonds. The molecule has 0 saturated heterocycles. The number of ether oxygens (including phenoxy) is 2. The van der Waals surface area contributed by atoms with Crippen LogP contribution < -0.4 is 10.6 Å². The highest BCUT2D eigenvalue weighted by molar-refractivity contribution is 7.10. The maximum atomic E-state index is 15.6. The van der Waals surface area contributed by atoms with Crippen molar-refractivity contribution in [2.24, 2.45) is 11.7 Å². The first-order valence-electron chi connectivity index (χ1n) is 13.6. The standard InChI is InChI=1S/C32H30ClFN2O5S/c1-4-40-31(38)26-19(24-14-9-15-42-24)16-23-27(29(26)37)25(18-10-6-7-12-21(18)34)28(32(39)41-5-2)30(35)36(23)22-13-8-11-20(33)17(22)3/h6-15,19,25-26H,4-5,16,35H2,1-3H3/t19-,25-,26-/m1/s1. The lowest BCUT2D eigenvalue weighted by Crippen LogP contribution is -2.46. The van der Waals surface area contributed by atoms with E-state index in [2.05, 4.69) is 0 Å². The van der Waals surface area contributed by atoms with Crippen LogP contribution in [-0.4, -0.2) is 30.9 Å². The minimum atomic E-state index is -1.22. The van der Waals surface area contributed by atoms with E-state index in [0.717, 1.165) is 4.88 Å². The minimum absolute atomic E-state index is 0.00173. The van der Waals surface area contributed by atoms with Crippen molar-refractivity contribution in [2.75, 3.05) is 18.1 Å². The number of halogens is 2. The molecule has 0 spiro atoms. The van der Waals surface area contributed by atoms with Crippen LogP contribution in [0.5, 0.6) is 0 Å². The Kier molecular flexibility index (Phi) is 8.52. The van der Waals surface area contributed by atoms with Crippen molar-refractivity contribution < 1.29 is 28.2 Å². The van der Waals surface area contributed by atoms with Crippen molar-refractivity contribution in [1.29, 1.82) is 0 Å². The molecule has 42 heavy (non-hydrogen) atoms. The maximum Gasteiger partial charge on any atom is 0.338 e. The summed E-state index contributed by atoms with van der Waals surface area (Å²) >= 11 is 7.95. The molecule has 3 atom stereocenters. The summed E-state index contributed by atoms with van der Waals surface area (Å²) in [6.07, 6.45) is 0.193. The van der Waals surface area contributed by atoms with Crippen molar-refractivity contribution in [2.45, 2.75) is 39.0 Å². The number of hydrogen-bond donors (Lipinski definition) is 1. The van der Waals surface area contributed by atoms with Gasteiger partial charge in [-0.3, -0.25) is 14.5 Å². The van der Waals surface area contributed by atoms with Crippen LogP contribution >= 0.6 is 22.9 Å². The predicted octanol–water partition coefficient (Wildman–Crippen LogP) is 6.38. The van der Waals surface area contributed by atoms with E-state index in [1.165, 1.54) is 29.5 Å². The number of ketones is 1. The summed E-state index contributed by atoms with van der Waals surface area (Å²) < 4.78 is 26.4. The molecule has 0 unspecified atom stereocenters. The molecule has 2 aromatic carbocycles. The van der Waals surface area contributed by atoms with Crippen LogP contribution in [0, 0.1) is 18.7 Å². The number of thiophene rings is 1. The van der Waals surface area contributed by atoms with Crippen LogP contribution in [0.4, 0.5) is 10.1 Å². The molecule has 1 aliphatic carbocycles. The summed E-state index contributed by atoms with van der Waals surface area (Å²) in [7, 11) is 0. The van der Waals surface area contributed by atoms with Gasteiger partial charge in [-0.25, -0.2) is 9.18 Å². The van der Waals surface area contributed by atoms with E-state index >= 15 is 4.39 Å². The summed E-state index contributed by atoms with van der Waals surface area (Å²) in [5.41, 5.74) is 8.60. The molecular formula is C32H30ClFN2O5S. The number of benzene rings is 2. The molecule has 5 rings (SSSR count). The molecule has 0 radical (unpaired) electrons. The van der Waals surface area contributed by atoms with E-state index in [1.54, 1.807) is 49.9 Å². The fourth-order valence-electron chi connectivity index (χ4n) is 5.84. The molecule has 0 saturated carbocycles. The van der Waals surface area contributed by atoms with Gasteiger partial charge in [-0.15, -0.1) is 11.3 Å². The smallest absolute Gasteiger partial charge is 0.338 e. The molecule has 2 heterocycles. The number of carbonyl (C=O) groups excluding carboxylic acids is 3. The fraction of sp³-hybridized carbons (Fsp3) is 0.281. The molecular weight excluding hydrogens is 579 g/mol. The van der Waals surface area contributed by atoms with Crippen LogP contribution in [0.25, 0.3) is 0 Å². The first-order valence-corrected chi connectivity index (χ1v) is 14.9. The lowest BCUT2D eigenvalue weighted by atomic mass is 9.68. The van der Waals surface area contributed by atoms with Crippen molar-refractivity contribution in [3.05, 3.63) is 109 Å². The van der Waals surface area contributed by atoms with Crippen LogP contribution in [0.2, 0.25) is 5.02 Å². The highest BCUT2D eigenvalue weighted by Gasteiger charge is 2.52. The lowest BCUT2D eigenvalue weighted by molar-refractivity contribution is -0.152. The molecule has 0 bridgehead atoms. The topological polar surface area (TPSA) is 98.9 Å².